The van der Waals surface area contributed by atoms with E-state index in [1.165, 1.54) is 32.1 Å². The summed E-state index contributed by atoms with van der Waals surface area (Å²) >= 11 is 0. The van der Waals surface area contributed by atoms with E-state index in [-0.39, 0.29) is 0 Å². The molecule has 1 aromatic carbocycles. The molecule has 6 nitrogen and oxygen atoms in total. The van der Waals surface area contributed by atoms with Crippen LogP contribution in [-0.4, -0.2) is 28.7 Å². The zero-order valence-corrected chi connectivity index (χ0v) is 13.9. The lowest BCUT2D eigenvalue weighted by atomic mass is 9.96. The van der Waals surface area contributed by atoms with E-state index in [1.54, 1.807) is 7.11 Å². The van der Waals surface area contributed by atoms with Crippen molar-refractivity contribution in [3.63, 3.8) is 0 Å². The zero-order chi connectivity index (χ0) is 16.2. The lowest BCUT2D eigenvalue weighted by Crippen LogP contribution is -2.41. The van der Waals surface area contributed by atoms with E-state index in [2.05, 4.69) is 15.3 Å². The minimum absolute atomic E-state index is 0.470. The lowest BCUT2D eigenvalue weighted by Gasteiger charge is -2.23. The van der Waals surface area contributed by atoms with Gasteiger partial charge < -0.3 is 20.4 Å². The Morgan fingerprint density at radius 2 is 2.17 bits per heavy atom. The van der Waals surface area contributed by atoms with E-state index in [1.807, 2.05) is 29.8 Å². The third kappa shape index (κ3) is 3.57. The predicted molar refractivity (Wildman–Crippen MR) is 92.6 cm³/mol. The van der Waals surface area contributed by atoms with Crippen LogP contribution in [0.5, 0.6) is 5.75 Å². The van der Waals surface area contributed by atoms with Gasteiger partial charge >= 0.3 is 0 Å². The molecule has 1 aromatic heterocycles. The Labute approximate surface area is 136 Å². The molecule has 1 saturated carbocycles. The first kappa shape index (κ1) is 15.6. The van der Waals surface area contributed by atoms with E-state index in [0.29, 0.717) is 18.5 Å². The average Bonchev–Trinajstić information content (AvgIpc) is 2.89. The summed E-state index contributed by atoms with van der Waals surface area (Å²) < 4.78 is 7.30. The minimum Gasteiger partial charge on any atom is -0.497 e. The number of benzene rings is 1. The number of aromatic nitrogens is 2. The van der Waals surface area contributed by atoms with Crippen molar-refractivity contribution in [3.05, 3.63) is 24.0 Å². The third-order valence-corrected chi connectivity index (χ3v) is 4.53. The molecule has 3 N–H and O–H groups in total. The first-order valence-corrected chi connectivity index (χ1v) is 8.23. The first-order valence-electron chi connectivity index (χ1n) is 8.23. The Balaban J connectivity index is 1.70. The molecule has 23 heavy (non-hydrogen) atoms. The van der Waals surface area contributed by atoms with Crippen molar-refractivity contribution in [2.45, 2.75) is 44.7 Å². The first-order chi connectivity index (χ1) is 11.2. The topological polar surface area (TPSA) is 77.5 Å². The highest BCUT2D eigenvalue weighted by molar-refractivity contribution is 5.79. The van der Waals surface area contributed by atoms with Crippen molar-refractivity contribution in [1.29, 1.82) is 0 Å². The summed E-state index contributed by atoms with van der Waals surface area (Å²) in [5.74, 6) is 2.22. The summed E-state index contributed by atoms with van der Waals surface area (Å²) in [4.78, 5) is 9.09. The summed E-state index contributed by atoms with van der Waals surface area (Å²) in [5, 5.41) is 3.33. The number of fused-ring (bicyclic) bond motifs is 1. The van der Waals surface area contributed by atoms with Crippen LogP contribution in [0.1, 0.15) is 37.9 Å². The van der Waals surface area contributed by atoms with Gasteiger partial charge in [-0.1, -0.05) is 19.3 Å². The molecule has 0 bridgehead atoms. The standard InChI is InChI=1S/C17H25N5O/c1-22-15-9-8-13(23-2)10-14(15)21-16(22)11-19-17(18)20-12-6-4-3-5-7-12/h8-10,12H,3-7,11H2,1-2H3,(H3,18,19,20). The van der Waals surface area contributed by atoms with Gasteiger partial charge in [-0.05, 0) is 25.0 Å². The molecule has 0 amide bonds. The normalized spacial score (nSPS) is 16.7. The fourth-order valence-electron chi connectivity index (χ4n) is 3.16. The van der Waals surface area contributed by atoms with Crippen molar-refractivity contribution in [2.75, 3.05) is 7.11 Å². The average molecular weight is 315 g/mol. The summed E-state index contributed by atoms with van der Waals surface area (Å²) in [5.41, 5.74) is 8.00. The quantitative estimate of drug-likeness (QED) is 0.670. The largest absolute Gasteiger partial charge is 0.497 e. The van der Waals surface area contributed by atoms with Crippen LogP contribution in [0.4, 0.5) is 0 Å². The predicted octanol–water partition coefficient (Wildman–Crippen LogP) is 2.32. The van der Waals surface area contributed by atoms with Crippen molar-refractivity contribution in [2.24, 2.45) is 17.8 Å². The van der Waals surface area contributed by atoms with Crippen molar-refractivity contribution in [3.8, 4) is 5.75 Å². The second-order valence-corrected chi connectivity index (χ2v) is 6.12. The number of hydrogen-bond acceptors (Lipinski definition) is 3. The number of guanidine groups is 1. The molecule has 0 spiro atoms. The molecular formula is C17H25N5O. The maximum absolute atomic E-state index is 6.02. The fraction of sp³-hybridized carbons (Fsp3) is 0.529. The molecule has 3 rings (SSSR count). The molecule has 0 aliphatic heterocycles. The van der Waals surface area contributed by atoms with Crippen molar-refractivity contribution < 1.29 is 4.74 Å². The van der Waals surface area contributed by atoms with Crippen LogP contribution in [0.25, 0.3) is 11.0 Å². The van der Waals surface area contributed by atoms with Gasteiger partial charge in [0.1, 0.15) is 18.1 Å². The molecule has 2 aromatic rings. The van der Waals surface area contributed by atoms with E-state index in [9.17, 15) is 0 Å². The van der Waals surface area contributed by atoms with Gasteiger partial charge in [-0.3, -0.25) is 0 Å². The number of aryl methyl sites for hydroxylation is 1. The third-order valence-electron chi connectivity index (χ3n) is 4.53. The highest BCUT2D eigenvalue weighted by Gasteiger charge is 2.13. The molecule has 1 aliphatic carbocycles. The van der Waals surface area contributed by atoms with Gasteiger partial charge in [-0.25, -0.2) is 9.98 Å². The maximum Gasteiger partial charge on any atom is 0.189 e. The number of nitrogens with two attached hydrogens (primary N) is 1. The molecule has 0 saturated heterocycles. The summed E-state index contributed by atoms with van der Waals surface area (Å²) in [6.07, 6.45) is 6.25. The van der Waals surface area contributed by atoms with Crippen LogP contribution in [-0.2, 0) is 13.6 Å². The number of nitrogens with one attached hydrogen (secondary N) is 1. The Kier molecular flexibility index (Phi) is 4.69. The van der Waals surface area contributed by atoms with Gasteiger partial charge in [0.25, 0.3) is 0 Å². The molecular weight excluding hydrogens is 290 g/mol. The van der Waals surface area contributed by atoms with E-state index in [4.69, 9.17) is 10.5 Å². The van der Waals surface area contributed by atoms with E-state index >= 15 is 0 Å². The van der Waals surface area contributed by atoms with Gasteiger partial charge in [0.15, 0.2) is 5.96 Å². The van der Waals surface area contributed by atoms with Crippen molar-refractivity contribution >= 4 is 17.0 Å². The van der Waals surface area contributed by atoms with Crippen LogP contribution in [0, 0.1) is 0 Å². The summed E-state index contributed by atoms with van der Waals surface area (Å²) in [6, 6.07) is 6.36. The number of methoxy groups -OCH3 is 1. The highest BCUT2D eigenvalue weighted by Crippen LogP contribution is 2.21. The smallest absolute Gasteiger partial charge is 0.189 e. The van der Waals surface area contributed by atoms with Gasteiger partial charge in [-0.2, -0.15) is 0 Å². The Morgan fingerprint density at radius 1 is 1.39 bits per heavy atom. The molecule has 124 valence electrons. The monoisotopic (exact) mass is 315 g/mol. The number of imidazole rings is 1. The zero-order valence-electron chi connectivity index (χ0n) is 13.9. The minimum atomic E-state index is 0.470. The number of aliphatic imine (C=N–C) groups is 1. The molecule has 1 heterocycles. The number of rotatable bonds is 4. The fourth-order valence-corrected chi connectivity index (χ4v) is 3.16. The molecule has 0 atom stereocenters. The summed E-state index contributed by atoms with van der Waals surface area (Å²) in [7, 11) is 3.66. The molecule has 6 heteroatoms. The Hall–Kier alpha value is -2.24. The SMILES string of the molecule is COc1ccc2c(c1)nc(CN=C(N)NC1CCCCC1)n2C. The maximum atomic E-state index is 6.02. The van der Waals surface area contributed by atoms with Crippen LogP contribution >= 0.6 is 0 Å². The van der Waals surface area contributed by atoms with Crippen molar-refractivity contribution in [1.82, 2.24) is 14.9 Å². The molecule has 1 aliphatic rings. The van der Waals surface area contributed by atoms with E-state index < -0.39 is 0 Å². The van der Waals surface area contributed by atoms with E-state index in [0.717, 1.165) is 22.6 Å². The van der Waals surface area contributed by atoms with Crippen LogP contribution < -0.4 is 15.8 Å². The van der Waals surface area contributed by atoms with Gasteiger partial charge in [0.05, 0.1) is 18.1 Å². The highest BCUT2D eigenvalue weighted by atomic mass is 16.5. The Morgan fingerprint density at radius 3 is 2.91 bits per heavy atom. The van der Waals surface area contributed by atoms with Crippen LogP contribution in [0.2, 0.25) is 0 Å². The second-order valence-electron chi connectivity index (χ2n) is 6.12. The molecule has 0 unspecified atom stereocenters. The van der Waals surface area contributed by atoms with Gasteiger partial charge in [-0.15, -0.1) is 0 Å². The summed E-state index contributed by atoms with van der Waals surface area (Å²) in [6.45, 7) is 0.471. The lowest BCUT2D eigenvalue weighted by molar-refractivity contribution is 0.412. The molecule has 0 radical (unpaired) electrons. The van der Waals surface area contributed by atoms with Gasteiger partial charge in [0.2, 0.25) is 0 Å². The van der Waals surface area contributed by atoms with Crippen LogP contribution in [0.3, 0.4) is 0 Å². The Bertz CT molecular complexity index is 700. The number of hydrogen-bond donors (Lipinski definition) is 2. The number of nitrogens with zero attached hydrogens (tertiary/aromatic N) is 3. The second kappa shape index (κ2) is 6.89. The van der Waals surface area contributed by atoms with Crippen LogP contribution in [0.15, 0.2) is 23.2 Å². The van der Waals surface area contributed by atoms with Gasteiger partial charge in [0, 0.05) is 19.2 Å². The molecule has 1 fully saturated rings. The number of ether oxygens (including phenoxy) is 1.